The minimum atomic E-state index is -0.224. The topological polar surface area (TPSA) is 29.5 Å². The lowest BCUT2D eigenvalue weighted by molar-refractivity contribution is 0.0807. The average Bonchev–Trinajstić information content (AvgIpc) is 2.96. The number of benzene rings is 1. The van der Waals surface area contributed by atoms with E-state index in [0.29, 0.717) is 6.61 Å². The van der Waals surface area contributed by atoms with Gasteiger partial charge in [-0.25, -0.2) is 4.79 Å². The van der Waals surface area contributed by atoms with Crippen molar-refractivity contribution in [2.45, 2.75) is 26.0 Å². The molecule has 0 spiro atoms. The van der Waals surface area contributed by atoms with Gasteiger partial charge in [-0.1, -0.05) is 30.3 Å². The van der Waals surface area contributed by atoms with Gasteiger partial charge in [0.2, 0.25) is 0 Å². The third-order valence-electron chi connectivity index (χ3n) is 3.72. The van der Waals surface area contributed by atoms with Crippen LogP contribution in [0.5, 0.6) is 0 Å². The Balaban J connectivity index is 1.64. The van der Waals surface area contributed by atoms with E-state index in [2.05, 4.69) is 18.4 Å². The first-order chi connectivity index (χ1) is 9.75. The quantitative estimate of drug-likeness (QED) is 0.835. The Labute approximate surface area is 122 Å². The van der Waals surface area contributed by atoms with Gasteiger partial charge in [0.15, 0.2) is 0 Å². The van der Waals surface area contributed by atoms with Crippen molar-refractivity contribution in [3.05, 3.63) is 57.8 Å². The second-order valence-corrected chi connectivity index (χ2v) is 5.96. The molecule has 1 aliphatic rings. The van der Waals surface area contributed by atoms with Crippen molar-refractivity contribution in [1.82, 2.24) is 4.90 Å². The number of thiophene rings is 1. The molecule has 0 radical (unpaired) electrons. The zero-order valence-electron chi connectivity index (χ0n) is 11.4. The standard InChI is InChI=1S/C16H17NO2S/c1-12-14-8-10-20-15(14)7-9-17(12)16(18)19-11-13-5-3-2-4-6-13/h2-6,8,10,12H,7,9,11H2,1H3. The maximum absolute atomic E-state index is 12.2. The largest absolute Gasteiger partial charge is 0.445 e. The molecule has 2 heterocycles. The number of carbonyl (C=O) groups is 1. The van der Waals surface area contributed by atoms with Crippen molar-refractivity contribution in [2.75, 3.05) is 6.54 Å². The van der Waals surface area contributed by atoms with E-state index in [1.807, 2.05) is 35.2 Å². The maximum Gasteiger partial charge on any atom is 0.410 e. The van der Waals surface area contributed by atoms with E-state index in [9.17, 15) is 4.79 Å². The highest BCUT2D eigenvalue weighted by Gasteiger charge is 2.29. The summed E-state index contributed by atoms with van der Waals surface area (Å²) in [6.07, 6.45) is 0.704. The van der Waals surface area contributed by atoms with Crippen molar-refractivity contribution < 1.29 is 9.53 Å². The van der Waals surface area contributed by atoms with Crippen LogP contribution in [0.25, 0.3) is 0 Å². The van der Waals surface area contributed by atoms with E-state index in [1.165, 1.54) is 10.4 Å². The molecule has 1 unspecified atom stereocenters. The summed E-state index contributed by atoms with van der Waals surface area (Å²) in [4.78, 5) is 15.4. The molecule has 1 aromatic heterocycles. The number of fused-ring (bicyclic) bond motifs is 1. The van der Waals surface area contributed by atoms with Crippen LogP contribution in [0.4, 0.5) is 4.79 Å². The first-order valence-electron chi connectivity index (χ1n) is 6.79. The van der Waals surface area contributed by atoms with Crippen LogP contribution in [-0.2, 0) is 17.8 Å². The van der Waals surface area contributed by atoms with Gasteiger partial charge < -0.3 is 9.64 Å². The Morgan fingerprint density at radius 3 is 2.95 bits per heavy atom. The third kappa shape index (κ3) is 2.56. The van der Waals surface area contributed by atoms with Gasteiger partial charge >= 0.3 is 6.09 Å². The molecule has 1 amide bonds. The molecule has 2 aromatic rings. The van der Waals surface area contributed by atoms with Gasteiger partial charge in [-0.05, 0) is 35.9 Å². The second-order valence-electron chi connectivity index (χ2n) is 4.96. The fraction of sp³-hybridized carbons (Fsp3) is 0.312. The molecule has 0 saturated heterocycles. The van der Waals surface area contributed by atoms with Crippen molar-refractivity contribution in [1.29, 1.82) is 0 Å². The zero-order chi connectivity index (χ0) is 13.9. The van der Waals surface area contributed by atoms with Crippen molar-refractivity contribution in [3.63, 3.8) is 0 Å². The fourth-order valence-corrected chi connectivity index (χ4v) is 3.52. The van der Waals surface area contributed by atoms with E-state index < -0.39 is 0 Å². The molecular weight excluding hydrogens is 270 g/mol. The van der Waals surface area contributed by atoms with Gasteiger partial charge in [0.05, 0.1) is 6.04 Å². The summed E-state index contributed by atoms with van der Waals surface area (Å²) < 4.78 is 5.42. The summed E-state index contributed by atoms with van der Waals surface area (Å²) in [6, 6.07) is 12.0. The summed E-state index contributed by atoms with van der Waals surface area (Å²) in [6.45, 7) is 3.14. The Morgan fingerprint density at radius 2 is 2.15 bits per heavy atom. The van der Waals surface area contributed by atoms with Crippen LogP contribution in [0.15, 0.2) is 41.8 Å². The molecule has 1 aromatic carbocycles. The highest BCUT2D eigenvalue weighted by Crippen LogP contribution is 2.33. The van der Waals surface area contributed by atoms with E-state index in [0.717, 1.165) is 18.5 Å². The number of ether oxygens (including phenoxy) is 1. The molecule has 1 atom stereocenters. The van der Waals surface area contributed by atoms with Crippen molar-refractivity contribution >= 4 is 17.4 Å². The predicted molar refractivity (Wildman–Crippen MR) is 79.8 cm³/mol. The average molecular weight is 287 g/mol. The fourth-order valence-electron chi connectivity index (χ4n) is 2.56. The maximum atomic E-state index is 12.2. The van der Waals surface area contributed by atoms with E-state index >= 15 is 0 Å². The van der Waals surface area contributed by atoms with Crippen LogP contribution in [0.1, 0.15) is 29.0 Å². The molecule has 3 rings (SSSR count). The third-order valence-corrected chi connectivity index (χ3v) is 4.71. The number of hydrogen-bond donors (Lipinski definition) is 0. The molecule has 3 nitrogen and oxygen atoms in total. The number of carbonyl (C=O) groups excluding carboxylic acids is 1. The number of amides is 1. The minimum Gasteiger partial charge on any atom is -0.445 e. The minimum absolute atomic E-state index is 0.105. The van der Waals surface area contributed by atoms with Gasteiger partial charge in [-0.2, -0.15) is 0 Å². The van der Waals surface area contributed by atoms with Gasteiger partial charge in [0.1, 0.15) is 6.61 Å². The lowest BCUT2D eigenvalue weighted by Gasteiger charge is -2.32. The molecular formula is C16H17NO2S. The van der Waals surface area contributed by atoms with E-state index in [4.69, 9.17) is 4.74 Å². The van der Waals surface area contributed by atoms with Gasteiger partial charge in [-0.3, -0.25) is 0 Å². The Bertz CT molecular complexity index is 594. The van der Waals surface area contributed by atoms with Crippen LogP contribution in [0.3, 0.4) is 0 Å². The molecule has 0 N–H and O–H groups in total. The van der Waals surface area contributed by atoms with E-state index in [-0.39, 0.29) is 12.1 Å². The van der Waals surface area contributed by atoms with Crippen molar-refractivity contribution in [3.8, 4) is 0 Å². The van der Waals surface area contributed by atoms with Crippen LogP contribution in [0.2, 0.25) is 0 Å². The normalized spacial score (nSPS) is 17.6. The van der Waals surface area contributed by atoms with Crippen molar-refractivity contribution in [2.24, 2.45) is 0 Å². The summed E-state index contributed by atoms with van der Waals surface area (Å²) in [5, 5.41) is 2.10. The highest BCUT2D eigenvalue weighted by atomic mass is 32.1. The molecule has 0 aliphatic carbocycles. The Kier molecular flexibility index (Phi) is 3.74. The SMILES string of the molecule is CC1c2ccsc2CCN1C(=O)OCc1ccccc1. The molecule has 1 aliphatic heterocycles. The molecule has 4 heteroatoms. The summed E-state index contributed by atoms with van der Waals surface area (Å²) in [5.74, 6) is 0. The molecule has 0 fully saturated rings. The monoisotopic (exact) mass is 287 g/mol. The summed E-state index contributed by atoms with van der Waals surface area (Å²) in [5.41, 5.74) is 2.28. The first-order valence-corrected chi connectivity index (χ1v) is 7.67. The Hall–Kier alpha value is -1.81. The Morgan fingerprint density at radius 1 is 1.35 bits per heavy atom. The molecule has 0 bridgehead atoms. The number of hydrogen-bond acceptors (Lipinski definition) is 3. The summed E-state index contributed by atoms with van der Waals surface area (Å²) in [7, 11) is 0. The smallest absolute Gasteiger partial charge is 0.410 e. The number of nitrogens with zero attached hydrogens (tertiary/aromatic N) is 1. The highest BCUT2D eigenvalue weighted by molar-refractivity contribution is 7.10. The van der Waals surface area contributed by atoms with Crippen LogP contribution in [0, 0.1) is 0 Å². The number of rotatable bonds is 2. The molecule has 20 heavy (non-hydrogen) atoms. The predicted octanol–water partition coefficient (Wildman–Crippen LogP) is 4.00. The van der Waals surface area contributed by atoms with Crippen LogP contribution < -0.4 is 0 Å². The van der Waals surface area contributed by atoms with Crippen LogP contribution >= 0.6 is 11.3 Å². The first kappa shape index (κ1) is 13.2. The van der Waals surface area contributed by atoms with Gasteiger partial charge in [0, 0.05) is 11.4 Å². The zero-order valence-corrected chi connectivity index (χ0v) is 12.2. The van der Waals surface area contributed by atoms with Gasteiger partial charge in [0.25, 0.3) is 0 Å². The lowest BCUT2D eigenvalue weighted by Crippen LogP contribution is -2.38. The van der Waals surface area contributed by atoms with E-state index in [1.54, 1.807) is 11.3 Å². The molecule has 104 valence electrons. The van der Waals surface area contributed by atoms with Gasteiger partial charge in [-0.15, -0.1) is 11.3 Å². The second kappa shape index (κ2) is 5.67. The van der Waals surface area contributed by atoms with Crippen LogP contribution in [-0.4, -0.2) is 17.5 Å². The molecule has 0 saturated carbocycles. The summed E-state index contributed by atoms with van der Waals surface area (Å²) >= 11 is 1.77. The lowest BCUT2D eigenvalue weighted by atomic mass is 10.0.